The molecule has 0 spiro atoms. The second-order valence-corrected chi connectivity index (χ2v) is 6.61. The van der Waals surface area contributed by atoms with Crippen molar-refractivity contribution < 1.29 is 17.4 Å². The van der Waals surface area contributed by atoms with Crippen molar-refractivity contribution >= 4 is 17.2 Å². The Balaban J connectivity index is 3.06. The van der Waals surface area contributed by atoms with Gasteiger partial charge in [-0.2, -0.15) is 17.6 Å². The molecule has 6 heteroatoms. The van der Waals surface area contributed by atoms with E-state index in [1.165, 1.54) is 18.2 Å². The third-order valence-electron chi connectivity index (χ3n) is 2.08. The second-order valence-electron chi connectivity index (χ2n) is 4.68. The first-order chi connectivity index (χ1) is 8.12. The molecule has 0 amide bonds. The van der Waals surface area contributed by atoms with E-state index in [1.807, 2.05) is 0 Å². The maximum Gasteiger partial charge on any atom is 0.417 e. The fourth-order valence-electron chi connectivity index (χ4n) is 1.13. The van der Waals surface area contributed by atoms with E-state index < -0.39 is 27.5 Å². The Kier molecular flexibility index (Phi) is 4.32. The molecule has 0 saturated carbocycles. The number of benzene rings is 1. The van der Waals surface area contributed by atoms with Crippen LogP contribution in [0.3, 0.4) is 0 Å². The van der Waals surface area contributed by atoms with Crippen LogP contribution in [0.2, 0.25) is 0 Å². The Bertz CT molecular complexity index is 475. The smallest absolute Gasteiger partial charge is 0.234 e. The molecule has 0 aliphatic carbocycles. The zero-order chi connectivity index (χ0) is 14.0. The molecule has 0 N–H and O–H groups in total. The predicted octanol–water partition coefficient (Wildman–Crippen LogP) is 3.59. The van der Waals surface area contributed by atoms with Gasteiger partial charge < -0.3 is 0 Å². The highest BCUT2D eigenvalue weighted by molar-refractivity contribution is 7.85. The summed E-state index contributed by atoms with van der Waals surface area (Å²) >= 11 is 0. The highest BCUT2D eigenvalue weighted by Gasteiger charge is 2.32. The van der Waals surface area contributed by atoms with Crippen molar-refractivity contribution in [2.45, 2.75) is 31.7 Å². The lowest BCUT2D eigenvalue weighted by Crippen LogP contribution is -2.19. The highest BCUT2D eigenvalue weighted by Crippen LogP contribution is 2.31. The molecular formula is C12H14F3NOS. The first-order valence-corrected chi connectivity index (χ1v) is 6.35. The van der Waals surface area contributed by atoms with Crippen molar-refractivity contribution in [1.29, 1.82) is 0 Å². The lowest BCUT2D eigenvalue weighted by molar-refractivity contribution is -0.137. The summed E-state index contributed by atoms with van der Waals surface area (Å²) in [7, 11) is -1.57. The van der Waals surface area contributed by atoms with Crippen molar-refractivity contribution in [2.75, 3.05) is 0 Å². The first kappa shape index (κ1) is 14.9. The summed E-state index contributed by atoms with van der Waals surface area (Å²) in [5.74, 6) is 0. The van der Waals surface area contributed by atoms with E-state index in [2.05, 4.69) is 4.40 Å². The molecule has 0 aromatic heterocycles. The van der Waals surface area contributed by atoms with Crippen LogP contribution in [0.5, 0.6) is 0 Å². The van der Waals surface area contributed by atoms with Gasteiger partial charge in [0.25, 0.3) is 0 Å². The molecule has 0 aliphatic heterocycles. The van der Waals surface area contributed by atoms with Crippen LogP contribution in [0.1, 0.15) is 31.9 Å². The van der Waals surface area contributed by atoms with Gasteiger partial charge in [0.1, 0.15) is 11.0 Å². The number of halogens is 3. The standard InChI is InChI=1S/C12H14F3NOS/c1-11(2,3)18(17)16-8-9-6-4-5-7-10(9)12(13,14)15/h4-8H,1-3H3. The van der Waals surface area contributed by atoms with Gasteiger partial charge in [-0.1, -0.05) is 18.2 Å². The Morgan fingerprint density at radius 3 is 2.22 bits per heavy atom. The summed E-state index contributed by atoms with van der Waals surface area (Å²) in [4.78, 5) is 0. The van der Waals surface area contributed by atoms with Gasteiger partial charge in [0.15, 0.2) is 0 Å². The Morgan fingerprint density at radius 1 is 1.17 bits per heavy atom. The number of rotatable bonds is 2. The minimum absolute atomic E-state index is 0.0809. The molecule has 1 atom stereocenters. The normalized spacial score (nSPS) is 15.0. The molecule has 0 radical (unpaired) electrons. The third-order valence-corrected chi connectivity index (χ3v) is 3.42. The SMILES string of the molecule is CC(C)(C)S(=O)N=Cc1ccccc1C(F)(F)F. The van der Waals surface area contributed by atoms with Crippen LogP contribution in [0, 0.1) is 0 Å². The zero-order valence-corrected chi connectivity index (χ0v) is 11.1. The van der Waals surface area contributed by atoms with Gasteiger partial charge in [-0.25, -0.2) is 4.21 Å². The zero-order valence-electron chi connectivity index (χ0n) is 10.3. The molecule has 2 nitrogen and oxygen atoms in total. The van der Waals surface area contributed by atoms with E-state index in [0.29, 0.717) is 0 Å². The first-order valence-electron chi connectivity index (χ1n) is 5.24. The van der Waals surface area contributed by atoms with Crippen LogP contribution in [0.25, 0.3) is 0 Å². The van der Waals surface area contributed by atoms with Gasteiger partial charge in [-0.05, 0) is 26.8 Å². The van der Waals surface area contributed by atoms with E-state index in [9.17, 15) is 17.4 Å². The molecule has 1 rings (SSSR count). The van der Waals surface area contributed by atoms with Gasteiger partial charge in [-0.15, -0.1) is 0 Å². The summed E-state index contributed by atoms with van der Waals surface area (Å²) in [6, 6.07) is 5.06. The molecule has 0 fully saturated rings. The third kappa shape index (κ3) is 3.94. The Morgan fingerprint density at radius 2 is 1.72 bits per heavy atom. The van der Waals surface area contributed by atoms with E-state index in [0.717, 1.165) is 12.3 Å². The Hall–Kier alpha value is -1.17. The maximum absolute atomic E-state index is 12.7. The number of hydrogen-bond donors (Lipinski definition) is 0. The van der Waals surface area contributed by atoms with Crippen LogP contribution < -0.4 is 0 Å². The largest absolute Gasteiger partial charge is 0.417 e. The summed E-state index contributed by atoms with van der Waals surface area (Å²) in [6.45, 7) is 5.11. The Labute approximate surface area is 107 Å². The number of hydrogen-bond acceptors (Lipinski definition) is 1. The van der Waals surface area contributed by atoms with Crippen LogP contribution in [-0.4, -0.2) is 15.2 Å². The minimum atomic E-state index is -4.44. The topological polar surface area (TPSA) is 29.4 Å². The van der Waals surface area contributed by atoms with Crippen LogP contribution in [-0.2, 0) is 17.2 Å². The average molecular weight is 277 g/mol. The quantitative estimate of drug-likeness (QED) is 0.760. The summed E-state index contributed by atoms with van der Waals surface area (Å²) < 4.78 is 52.7. The van der Waals surface area contributed by atoms with Crippen molar-refractivity contribution in [1.82, 2.24) is 0 Å². The lowest BCUT2D eigenvalue weighted by atomic mass is 10.1. The van der Waals surface area contributed by atoms with Gasteiger partial charge in [0, 0.05) is 11.8 Å². The van der Waals surface area contributed by atoms with E-state index >= 15 is 0 Å². The summed E-state index contributed by atoms with van der Waals surface area (Å²) in [5, 5.41) is 0. The van der Waals surface area contributed by atoms with Crippen LogP contribution >= 0.6 is 0 Å². The maximum atomic E-state index is 12.7. The summed E-state index contributed by atoms with van der Waals surface area (Å²) in [5.41, 5.74) is -0.859. The van der Waals surface area contributed by atoms with Gasteiger partial charge >= 0.3 is 6.18 Å². The fraction of sp³-hybridized carbons (Fsp3) is 0.417. The molecule has 0 heterocycles. The molecular weight excluding hydrogens is 263 g/mol. The van der Waals surface area contributed by atoms with Gasteiger partial charge in [0.2, 0.25) is 0 Å². The van der Waals surface area contributed by atoms with Gasteiger partial charge in [0.05, 0.1) is 10.3 Å². The van der Waals surface area contributed by atoms with Crippen molar-refractivity contribution in [2.24, 2.45) is 4.40 Å². The molecule has 0 aliphatic rings. The molecule has 1 aromatic rings. The lowest BCUT2D eigenvalue weighted by Gasteiger charge is -2.13. The molecule has 0 bridgehead atoms. The van der Waals surface area contributed by atoms with Crippen molar-refractivity contribution in [3.8, 4) is 0 Å². The van der Waals surface area contributed by atoms with Crippen LogP contribution in [0.15, 0.2) is 28.7 Å². The predicted molar refractivity (Wildman–Crippen MR) is 66.9 cm³/mol. The highest BCUT2D eigenvalue weighted by atomic mass is 32.2. The molecule has 0 saturated heterocycles. The van der Waals surface area contributed by atoms with Gasteiger partial charge in [-0.3, -0.25) is 0 Å². The molecule has 100 valence electrons. The minimum Gasteiger partial charge on any atom is -0.234 e. The second kappa shape index (κ2) is 5.22. The van der Waals surface area contributed by atoms with Crippen molar-refractivity contribution in [3.05, 3.63) is 35.4 Å². The molecule has 18 heavy (non-hydrogen) atoms. The fourth-order valence-corrected chi connectivity index (χ4v) is 1.66. The monoisotopic (exact) mass is 277 g/mol. The van der Waals surface area contributed by atoms with Crippen LogP contribution in [0.4, 0.5) is 13.2 Å². The number of alkyl halides is 3. The van der Waals surface area contributed by atoms with Crippen molar-refractivity contribution in [3.63, 3.8) is 0 Å². The number of nitrogens with zero attached hydrogens (tertiary/aromatic N) is 1. The molecule has 1 unspecified atom stereocenters. The van der Waals surface area contributed by atoms with E-state index in [1.54, 1.807) is 20.8 Å². The molecule has 1 aromatic carbocycles. The summed E-state index contributed by atoms with van der Waals surface area (Å²) in [6.07, 6.45) is -3.42. The van der Waals surface area contributed by atoms with E-state index in [-0.39, 0.29) is 5.56 Å². The average Bonchev–Trinajstić information content (AvgIpc) is 2.23. The van der Waals surface area contributed by atoms with E-state index in [4.69, 9.17) is 0 Å².